The van der Waals surface area contributed by atoms with Crippen molar-refractivity contribution in [1.82, 2.24) is 10.2 Å². The molecule has 4 rings (SSSR count). The molecule has 2 aliphatic rings. The van der Waals surface area contributed by atoms with Crippen LogP contribution in [0.5, 0.6) is 5.75 Å². The SMILES string of the molecule is Cc1ccc(OC(=O)C(C(=O)NC2C(=O)N3C2SC(C)(C)C3C(=O)[O-])c2ccsc2)cc1.[Na+]. The number of carboxylic acid groups (broad SMARTS) is 1. The fraction of sp³-hybridized carbons (Fsp3) is 0.364. The van der Waals surface area contributed by atoms with Crippen molar-refractivity contribution in [3.05, 3.63) is 52.2 Å². The van der Waals surface area contributed by atoms with Crippen molar-refractivity contribution in [2.45, 2.75) is 48.9 Å². The third kappa shape index (κ3) is 4.85. The summed E-state index contributed by atoms with van der Waals surface area (Å²) < 4.78 is 4.66. The standard InChI is InChI=1S/C22H22N2O6S2.Na/c1-11-4-6-13(7-5-11)30-21(29)14(12-8-9-31-10-12)17(25)23-15-18(26)24-16(20(27)28)22(2,3)32-19(15)24;/h4-10,14-16,19H,1-3H3,(H,23,25)(H,27,28);/q;+1/p-1. The van der Waals surface area contributed by atoms with Crippen LogP contribution in [0, 0.1) is 6.92 Å². The molecule has 0 radical (unpaired) electrons. The molecule has 4 atom stereocenters. The number of nitrogens with one attached hydrogen (secondary N) is 1. The van der Waals surface area contributed by atoms with E-state index in [0.717, 1.165) is 5.56 Å². The Labute approximate surface area is 221 Å². The topological polar surface area (TPSA) is 116 Å². The fourth-order valence-corrected chi connectivity index (χ4v) is 6.29. The predicted octanol–water partition coefficient (Wildman–Crippen LogP) is -1.95. The Morgan fingerprint density at radius 3 is 2.42 bits per heavy atom. The van der Waals surface area contributed by atoms with Gasteiger partial charge in [-0.25, -0.2) is 0 Å². The van der Waals surface area contributed by atoms with Gasteiger partial charge in [-0.05, 0) is 55.3 Å². The van der Waals surface area contributed by atoms with Crippen molar-refractivity contribution < 1.29 is 58.6 Å². The number of carboxylic acids is 1. The maximum atomic E-state index is 13.1. The van der Waals surface area contributed by atoms with Crippen LogP contribution in [-0.4, -0.2) is 50.9 Å². The van der Waals surface area contributed by atoms with E-state index in [2.05, 4.69) is 5.32 Å². The van der Waals surface area contributed by atoms with E-state index >= 15 is 0 Å². The number of aryl methyl sites for hydroxylation is 1. The first-order chi connectivity index (χ1) is 15.1. The van der Waals surface area contributed by atoms with E-state index in [4.69, 9.17) is 4.74 Å². The Morgan fingerprint density at radius 1 is 1.18 bits per heavy atom. The zero-order valence-electron chi connectivity index (χ0n) is 18.6. The Kier molecular flexibility index (Phi) is 7.65. The minimum Gasteiger partial charge on any atom is -0.548 e. The van der Waals surface area contributed by atoms with E-state index in [0.29, 0.717) is 11.3 Å². The summed E-state index contributed by atoms with van der Waals surface area (Å²) in [5.41, 5.74) is 1.46. The Bertz CT molecular complexity index is 1070. The summed E-state index contributed by atoms with van der Waals surface area (Å²) in [5.74, 6) is -4.23. The molecule has 168 valence electrons. The van der Waals surface area contributed by atoms with Gasteiger partial charge in [-0.1, -0.05) is 17.7 Å². The van der Waals surface area contributed by atoms with Crippen LogP contribution in [0.4, 0.5) is 0 Å². The number of fused-ring (bicyclic) bond motifs is 1. The molecule has 2 aromatic rings. The van der Waals surface area contributed by atoms with E-state index in [1.165, 1.54) is 28.0 Å². The van der Waals surface area contributed by atoms with Gasteiger partial charge in [-0.3, -0.25) is 14.4 Å². The van der Waals surface area contributed by atoms with E-state index in [1.54, 1.807) is 54.9 Å². The molecule has 2 amide bonds. The minimum absolute atomic E-state index is 0. The molecule has 1 aromatic carbocycles. The summed E-state index contributed by atoms with van der Waals surface area (Å²) in [6.07, 6.45) is 0. The van der Waals surface area contributed by atoms with Crippen LogP contribution in [0.25, 0.3) is 0 Å². The molecule has 33 heavy (non-hydrogen) atoms. The molecule has 2 fully saturated rings. The average molecular weight is 497 g/mol. The molecular weight excluding hydrogens is 475 g/mol. The summed E-state index contributed by atoms with van der Waals surface area (Å²) in [6.45, 7) is 5.34. The van der Waals surface area contributed by atoms with Crippen molar-refractivity contribution >= 4 is 46.9 Å². The number of nitrogens with zero attached hydrogens (tertiary/aromatic N) is 1. The zero-order valence-corrected chi connectivity index (χ0v) is 22.2. The van der Waals surface area contributed by atoms with E-state index < -0.39 is 51.9 Å². The molecule has 8 nitrogen and oxygen atoms in total. The molecule has 0 aliphatic carbocycles. The third-order valence-corrected chi connectivity index (χ3v) is 7.85. The van der Waals surface area contributed by atoms with Crippen LogP contribution >= 0.6 is 23.1 Å². The van der Waals surface area contributed by atoms with Crippen LogP contribution in [0.15, 0.2) is 41.1 Å². The van der Waals surface area contributed by atoms with Gasteiger partial charge < -0.3 is 24.9 Å². The number of esters is 1. The van der Waals surface area contributed by atoms with Crippen molar-refractivity contribution in [3.63, 3.8) is 0 Å². The number of thioether (sulfide) groups is 1. The molecule has 4 unspecified atom stereocenters. The number of ether oxygens (including phenoxy) is 1. The quantitative estimate of drug-likeness (QED) is 0.162. The van der Waals surface area contributed by atoms with Gasteiger partial charge in [0.25, 0.3) is 0 Å². The maximum absolute atomic E-state index is 13.1. The zero-order chi connectivity index (χ0) is 23.2. The molecular formula is C22H21N2NaO6S2. The average Bonchev–Trinajstić information content (AvgIpc) is 3.32. The molecule has 2 aliphatic heterocycles. The number of β-lactam (4-membered cyclic amide) rings is 1. The summed E-state index contributed by atoms with van der Waals surface area (Å²) >= 11 is 2.61. The Hall–Kier alpha value is -1.85. The number of amides is 2. The third-order valence-electron chi connectivity index (χ3n) is 5.58. The molecule has 3 heterocycles. The first-order valence-electron chi connectivity index (χ1n) is 9.92. The predicted molar refractivity (Wildman–Crippen MR) is 117 cm³/mol. The van der Waals surface area contributed by atoms with Crippen LogP contribution in [0.1, 0.15) is 30.9 Å². The van der Waals surface area contributed by atoms with Gasteiger partial charge in [-0.2, -0.15) is 11.3 Å². The number of rotatable bonds is 6. The van der Waals surface area contributed by atoms with Crippen LogP contribution < -0.4 is 44.7 Å². The van der Waals surface area contributed by atoms with Gasteiger partial charge in [0.2, 0.25) is 11.8 Å². The van der Waals surface area contributed by atoms with Gasteiger partial charge in [0.1, 0.15) is 17.2 Å². The number of hydrogen-bond donors (Lipinski definition) is 1. The second-order valence-corrected chi connectivity index (χ2v) is 10.8. The molecule has 0 bridgehead atoms. The van der Waals surface area contributed by atoms with Crippen LogP contribution in [-0.2, 0) is 19.2 Å². The molecule has 11 heteroatoms. The summed E-state index contributed by atoms with van der Waals surface area (Å²) in [4.78, 5) is 51.5. The first-order valence-corrected chi connectivity index (χ1v) is 11.7. The molecule has 2 saturated heterocycles. The molecule has 1 aromatic heterocycles. The normalized spacial score (nSPS) is 23.5. The summed E-state index contributed by atoms with van der Waals surface area (Å²) in [6, 6.07) is 6.50. The van der Waals surface area contributed by atoms with Crippen molar-refractivity contribution in [2.24, 2.45) is 0 Å². The van der Waals surface area contributed by atoms with Crippen molar-refractivity contribution in [2.75, 3.05) is 0 Å². The number of benzene rings is 1. The van der Waals surface area contributed by atoms with Gasteiger partial charge in [0.15, 0.2) is 5.92 Å². The molecule has 1 N–H and O–H groups in total. The number of carbonyl (C=O) groups is 4. The number of aliphatic carboxylic acids is 1. The van der Waals surface area contributed by atoms with E-state index in [-0.39, 0.29) is 29.6 Å². The smallest absolute Gasteiger partial charge is 0.548 e. The van der Waals surface area contributed by atoms with Gasteiger partial charge in [0, 0.05) is 4.75 Å². The van der Waals surface area contributed by atoms with Gasteiger partial charge in [0.05, 0.1) is 12.0 Å². The second-order valence-electron chi connectivity index (χ2n) is 8.29. The van der Waals surface area contributed by atoms with Crippen molar-refractivity contribution in [3.8, 4) is 5.75 Å². The number of thiophene rings is 1. The van der Waals surface area contributed by atoms with Crippen LogP contribution in [0.2, 0.25) is 0 Å². The number of hydrogen-bond acceptors (Lipinski definition) is 8. The Balaban J connectivity index is 0.00000306. The first kappa shape index (κ1) is 25.8. The second kappa shape index (κ2) is 9.79. The Morgan fingerprint density at radius 2 is 1.85 bits per heavy atom. The largest absolute Gasteiger partial charge is 1.00 e. The van der Waals surface area contributed by atoms with Crippen LogP contribution in [0.3, 0.4) is 0 Å². The van der Waals surface area contributed by atoms with E-state index in [1.807, 2.05) is 6.92 Å². The van der Waals surface area contributed by atoms with Crippen molar-refractivity contribution in [1.29, 1.82) is 0 Å². The fourth-order valence-electron chi connectivity index (χ4n) is 3.98. The van der Waals surface area contributed by atoms with Gasteiger partial charge in [-0.15, -0.1) is 11.8 Å². The molecule has 0 saturated carbocycles. The maximum Gasteiger partial charge on any atom is 1.00 e. The number of carbonyl (C=O) groups excluding carboxylic acids is 4. The summed E-state index contributed by atoms with van der Waals surface area (Å²) in [5, 5.41) is 17.1. The minimum atomic E-state index is -1.33. The van der Waals surface area contributed by atoms with E-state index in [9.17, 15) is 24.3 Å². The molecule has 0 spiro atoms. The van der Waals surface area contributed by atoms with Gasteiger partial charge >= 0.3 is 35.5 Å². The monoisotopic (exact) mass is 496 g/mol. The summed E-state index contributed by atoms with van der Waals surface area (Å²) in [7, 11) is 0.